The molecule has 2 heteroatoms. The molecule has 0 fully saturated rings. The number of rotatable bonds is 6. The second-order valence-corrected chi connectivity index (χ2v) is 5.65. The Kier molecular flexibility index (Phi) is 5.88. The lowest BCUT2D eigenvalue weighted by Gasteiger charge is -2.05. The Labute approximate surface area is 131 Å². The Bertz CT molecular complexity index is 622. The second-order valence-electron chi connectivity index (χ2n) is 5.65. The molecule has 22 heavy (non-hydrogen) atoms. The van der Waals surface area contributed by atoms with Crippen molar-refractivity contribution in [2.75, 3.05) is 0 Å². The first-order valence-corrected chi connectivity index (χ1v) is 7.79. The van der Waals surface area contributed by atoms with Gasteiger partial charge in [-0.25, -0.2) is 8.78 Å². The van der Waals surface area contributed by atoms with E-state index in [1.807, 2.05) is 19.1 Å². The average Bonchev–Trinajstić information content (AvgIpc) is 2.54. The zero-order valence-electron chi connectivity index (χ0n) is 13.2. The van der Waals surface area contributed by atoms with Gasteiger partial charge in [-0.3, -0.25) is 0 Å². The van der Waals surface area contributed by atoms with Crippen LogP contribution in [0.15, 0.2) is 54.4 Å². The van der Waals surface area contributed by atoms with Crippen molar-refractivity contribution in [2.24, 2.45) is 0 Å². The lowest BCUT2D eigenvalue weighted by molar-refractivity contribution is 0.559. The molecule has 0 aliphatic heterocycles. The van der Waals surface area contributed by atoms with Gasteiger partial charge in [-0.2, -0.15) is 0 Å². The van der Waals surface area contributed by atoms with Crippen LogP contribution in [-0.4, -0.2) is 0 Å². The van der Waals surface area contributed by atoms with Gasteiger partial charge in [-0.1, -0.05) is 61.0 Å². The number of halogens is 2. The Balaban J connectivity index is 2.00. The summed E-state index contributed by atoms with van der Waals surface area (Å²) >= 11 is 0. The number of hydrogen-bond donors (Lipinski definition) is 0. The van der Waals surface area contributed by atoms with Gasteiger partial charge in [0.2, 0.25) is 0 Å². The van der Waals surface area contributed by atoms with E-state index in [9.17, 15) is 8.78 Å². The molecule has 2 aromatic carbocycles. The lowest BCUT2D eigenvalue weighted by atomic mass is 10.0. The Morgan fingerprint density at radius 2 is 1.32 bits per heavy atom. The topological polar surface area (TPSA) is 0 Å². The van der Waals surface area contributed by atoms with E-state index in [0.717, 1.165) is 18.4 Å². The third-order valence-electron chi connectivity index (χ3n) is 3.74. The van der Waals surface area contributed by atoms with Gasteiger partial charge in [0.15, 0.2) is 5.83 Å². The van der Waals surface area contributed by atoms with Crippen molar-refractivity contribution in [3.8, 4) is 0 Å². The Morgan fingerprint density at radius 3 is 1.82 bits per heavy atom. The van der Waals surface area contributed by atoms with E-state index >= 15 is 0 Å². The molecule has 2 aromatic rings. The van der Waals surface area contributed by atoms with Crippen molar-refractivity contribution >= 4 is 5.83 Å². The van der Waals surface area contributed by atoms with Crippen molar-refractivity contribution in [2.45, 2.75) is 39.5 Å². The first kappa shape index (κ1) is 16.4. The highest BCUT2D eigenvalue weighted by atomic mass is 19.2. The van der Waals surface area contributed by atoms with E-state index in [4.69, 9.17) is 0 Å². The molecule has 0 radical (unpaired) electrons. The Hall–Kier alpha value is -1.96. The molecule has 0 aromatic heterocycles. The minimum absolute atomic E-state index is 0.154. The zero-order valence-corrected chi connectivity index (χ0v) is 13.2. The highest BCUT2D eigenvalue weighted by Crippen LogP contribution is 2.24. The van der Waals surface area contributed by atoms with Crippen molar-refractivity contribution in [1.29, 1.82) is 0 Å². The predicted molar refractivity (Wildman–Crippen MR) is 89.1 cm³/mol. The molecule has 0 aliphatic rings. The summed E-state index contributed by atoms with van der Waals surface area (Å²) < 4.78 is 27.3. The summed E-state index contributed by atoms with van der Waals surface area (Å²) in [6, 6.07) is 15.6. The molecule has 0 amide bonds. The summed E-state index contributed by atoms with van der Waals surface area (Å²) in [7, 11) is 0. The molecule has 0 heterocycles. The molecule has 0 aliphatic carbocycles. The van der Waals surface area contributed by atoms with E-state index in [-0.39, 0.29) is 6.42 Å². The largest absolute Gasteiger partial charge is 0.209 e. The normalized spacial score (nSPS) is 12.2. The summed E-state index contributed by atoms with van der Waals surface area (Å²) in [6.45, 7) is 3.91. The van der Waals surface area contributed by atoms with Crippen LogP contribution in [-0.2, 0) is 12.8 Å². The van der Waals surface area contributed by atoms with Gasteiger partial charge in [0, 0.05) is 12.0 Å². The fraction of sp³-hybridized carbons (Fsp3) is 0.300. The first-order chi connectivity index (χ1) is 10.6. The molecule has 0 N–H and O–H groups in total. The number of aryl methyl sites for hydroxylation is 3. The fourth-order valence-electron chi connectivity index (χ4n) is 2.35. The predicted octanol–water partition coefficient (Wildman–Crippen LogP) is 6.19. The molecule has 0 unspecified atom stereocenters. The van der Waals surface area contributed by atoms with Crippen LogP contribution in [0.4, 0.5) is 8.78 Å². The maximum absolute atomic E-state index is 13.8. The summed E-state index contributed by atoms with van der Waals surface area (Å²) in [5.41, 5.74) is 4.00. The molecule has 0 spiro atoms. The van der Waals surface area contributed by atoms with Crippen molar-refractivity contribution < 1.29 is 8.78 Å². The average molecular weight is 300 g/mol. The molecule has 116 valence electrons. The van der Waals surface area contributed by atoms with Gasteiger partial charge in [0.25, 0.3) is 0 Å². The fourth-order valence-corrected chi connectivity index (χ4v) is 2.35. The van der Waals surface area contributed by atoms with E-state index in [0.29, 0.717) is 12.0 Å². The van der Waals surface area contributed by atoms with Crippen LogP contribution in [0.25, 0.3) is 5.83 Å². The summed E-state index contributed by atoms with van der Waals surface area (Å²) in [4.78, 5) is 0. The Morgan fingerprint density at radius 1 is 0.818 bits per heavy atom. The molecular formula is C20H22F2. The van der Waals surface area contributed by atoms with Crippen molar-refractivity contribution in [3.05, 3.63) is 76.6 Å². The van der Waals surface area contributed by atoms with Gasteiger partial charge >= 0.3 is 0 Å². The summed E-state index contributed by atoms with van der Waals surface area (Å²) in [5.74, 6) is -1.39. The molecule has 0 saturated heterocycles. The van der Waals surface area contributed by atoms with Gasteiger partial charge in [0.05, 0.1) is 0 Å². The lowest BCUT2D eigenvalue weighted by Crippen LogP contribution is -1.92. The minimum Gasteiger partial charge on any atom is -0.209 e. The van der Waals surface area contributed by atoms with E-state index < -0.39 is 11.7 Å². The summed E-state index contributed by atoms with van der Waals surface area (Å²) in [5, 5.41) is 0. The monoisotopic (exact) mass is 300 g/mol. The smallest absolute Gasteiger partial charge is 0.161 e. The van der Waals surface area contributed by atoms with E-state index in [1.165, 1.54) is 11.1 Å². The van der Waals surface area contributed by atoms with E-state index in [2.05, 4.69) is 31.2 Å². The quantitative estimate of drug-likeness (QED) is 0.597. The maximum Gasteiger partial charge on any atom is 0.161 e. The SMILES string of the molecule is CCCC(F)=C(F)c1ccc(CCc2ccc(C)cc2)cc1. The van der Waals surface area contributed by atoms with Gasteiger partial charge in [-0.15, -0.1) is 0 Å². The molecular weight excluding hydrogens is 278 g/mol. The van der Waals surface area contributed by atoms with Gasteiger partial charge in [-0.05, 0) is 37.3 Å². The van der Waals surface area contributed by atoms with Crippen LogP contribution in [0.3, 0.4) is 0 Å². The van der Waals surface area contributed by atoms with Crippen LogP contribution in [0.1, 0.15) is 42.0 Å². The third-order valence-corrected chi connectivity index (χ3v) is 3.74. The first-order valence-electron chi connectivity index (χ1n) is 7.79. The van der Waals surface area contributed by atoms with Crippen LogP contribution < -0.4 is 0 Å². The standard InChI is InChI=1S/C20H22F2/c1-3-4-19(21)20(22)18-13-11-17(12-14-18)10-9-16-7-5-15(2)6-8-16/h5-8,11-14H,3-4,9-10H2,1-2H3. The third kappa shape index (κ3) is 4.52. The maximum atomic E-state index is 13.8. The molecule has 0 bridgehead atoms. The second kappa shape index (κ2) is 7.88. The van der Waals surface area contributed by atoms with Crippen molar-refractivity contribution in [3.63, 3.8) is 0 Å². The highest BCUT2D eigenvalue weighted by Gasteiger charge is 2.08. The van der Waals surface area contributed by atoms with Crippen LogP contribution in [0.5, 0.6) is 0 Å². The van der Waals surface area contributed by atoms with Gasteiger partial charge in [0.1, 0.15) is 5.83 Å². The van der Waals surface area contributed by atoms with Crippen LogP contribution in [0.2, 0.25) is 0 Å². The summed E-state index contributed by atoms with van der Waals surface area (Å²) in [6.07, 6.45) is 2.60. The number of benzene rings is 2. The molecule has 0 atom stereocenters. The van der Waals surface area contributed by atoms with Crippen LogP contribution >= 0.6 is 0 Å². The zero-order chi connectivity index (χ0) is 15.9. The molecule has 0 saturated carbocycles. The minimum atomic E-state index is -0.730. The van der Waals surface area contributed by atoms with Crippen molar-refractivity contribution in [1.82, 2.24) is 0 Å². The molecule has 2 rings (SSSR count). The molecule has 0 nitrogen and oxygen atoms in total. The highest BCUT2D eigenvalue weighted by molar-refractivity contribution is 5.61. The number of allylic oxidation sites excluding steroid dienone is 1. The van der Waals surface area contributed by atoms with Crippen LogP contribution in [0, 0.1) is 6.92 Å². The van der Waals surface area contributed by atoms with Gasteiger partial charge < -0.3 is 0 Å². The van der Waals surface area contributed by atoms with E-state index in [1.54, 1.807) is 12.1 Å². The number of hydrogen-bond acceptors (Lipinski definition) is 0.